The molecular weight excluding hydrogens is 378 g/mol. The summed E-state index contributed by atoms with van der Waals surface area (Å²) in [5.41, 5.74) is 2.61. The number of pyridine rings is 2. The predicted octanol–water partition coefficient (Wildman–Crippen LogP) is 4.39. The molecule has 3 rings (SSSR count). The molecule has 2 aromatic heterocycles. The van der Waals surface area contributed by atoms with Gasteiger partial charge < -0.3 is 14.8 Å². The van der Waals surface area contributed by atoms with Crippen LogP contribution in [0, 0.1) is 6.92 Å². The van der Waals surface area contributed by atoms with Crippen molar-refractivity contribution in [3.05, 3.63) is 95.5 Å². The summed E-state index contributed by atoms with van der Waals surface area (Å²) in [6.07, 6.45) is 5.09. The SMILES string of the molecule is C=C/C=C(\C=C)Nc1cc(=O)c2c(OCCOC)cc(C)nc2n1-c1ccccc1. The van der Waals surface area contributed by atoms with Gasteiger partial charge in [0.15, 0.2) is 11.1 Å². The maximum absolute atomic E-state index is 13.1. The van der Waals surface area contributed by atoms with Gasteiger partial charge in [-0.25, -0.2) is 4.98 Å². The Labute approximate surface area is 175 Å². The van der Waals surface area contributed by atoms with Crippen LogP contribution in [0.3, 0.4) is 0 Å². The number of methoxy groups -OCH3 is 1. The van der Waals surface area contributed by atoms with Crippen molar-refractivity contribution in [3.63, 3.8) is 0 Å². The summed E-state index contributed by atoms with van der Waals surface area (Å²) in [6.45, 7) is 10.2. The van der Waals surface area contributed by atoms with Crippen molar-refractivity contribution in [2.24, 2.45) is 0 Å². The van der Waals surface area contributed by atoms with E-state index in [0.717, 1.165) is 11.4 Å². The van der Waals surface area contributed by atoms with E-state index in [0.29, 0.717) is 41.5 Å². The van der Waals surface area contributed by atoms with Crippen LogP contribution in [-0.4, -0.2) is 29.9 Å². The topological polar surface area (TPSA) is 65.4 Å². The number of para-hydroxylation sites is 1. The van der Waals surface area contributed by atoms with E-state index in [9.17, 15) is 4.79 Å². The number of rotatable bonds is 9. The molecule has 0 atom stereocenters. The van der Waals surface area contributed by atoms with Crippen LogP contribution in [0.1, 0.15) is 5.69 Å². The molecule has 2 heterocycles. The molecule has 3 aromatic rings. The Kier molecular flexibility index (Phi) is 6.83. The third kappa shape index (κ3) is 4.50. The lowest BCUT2D eigenvalue weighted by atomic mass is 10.2. The summed E-state index contributed by atoms with van der Waals surface area (Å²) in [5.74, 6) is 1.05. The zero-order chi connectivity index (χ0) is 21.5. The number of nitrogens with zero attached hydrogens (tertiary/aromatic N) is 2. The Morgan fingerprint density at radius 2 is 1.97 bits per heavy atom. The second-order valence-electron chi connectivity index (χ2n) is 6.55. The molecule has 30 heavy (non-hydrogen) atoms. The average molecular weight is 403 g/mol. The van der Waals surface area contributed by atoms with Crippen molar-refractivity contribution in [2.45, 2.75) is 6.92 Å². The predicted molar refractivity (Wildman–Crippen MR) is 122 cm³/mol. The zero-order valence-electron chi connectivity index (χ0n) is 17.2. The molecule has 0 aliphatic heterocycles. The Morgan fingerprint density at radius 3 is 2.63 bits per heavy atom. The first-order chi connectivity index (χ1) is 14.6. The van der Waals surface area contributed by atoms with Crippen molar-refractivity contribution >= 4 is 16.9 Å². The van der Waals surface area contributed by atoms with Crippen molar-refractivity contribution in [1.29, 1.82) is 0 Å². The quantitative estimate of drug-likeness (QED) is 0.424. The molecule has 6 nitrogen and oxygen atoms in total. The second kappa shape index (κ2) is 9.71. The highest BCUT2D eigenvalue weighted by Gasteiger charge is 2.17. The number of benzene rings is 1. The van der Waals surface area contributed by atoms with Gasteiger partial charge in [-0.15, -0.1) is 0 Å². The van der Waals surface area contributed by atoms with Gasteiger partial charge in [0.25, 0.3) is 0 Å². The number of fused-ring (bicyclic) bond motifs is 1. The number of hydrogen-bond acceptors (Lipinski definition) is 5. The van der Waals surface area contributed by atoms with Gasteiger partial charge in [-0.1, -0.05) is 37.4 Å². The molecule has 6 heteroatoms. The van der Waals surface area contributed by atoms with E-state index in [1.807, 2.05) is 41.8 Å². The molecule has 0 saturated heterocycles. The fourth-order valence-corrected chi connectivity index (χ4v) is 3.11. The molecule has 0 aliphatic carbocycles. The van der Waals surface area contributed by atoms with E-state index in [2.05, 4.69) is 23.5 Å². The molecule has 0 spiro atoms. The van der Waals surface area contributed by atoms with Gasteiger partial charge in [0, 0.05) is 36.3 Å². The molecular formula is C24H25N3O3. The lowest BCUT2D eigenvalue weighted by molar-refractivity contribution is 0.147. The molecule has 0 amide bonds. The normalized spacial score (nSPS) is 11.3. The smallest absolute Gasteiger partial charge is 0.196 e. The average Bonchev–Trinajstić information content (AvgIpc) is 2.73. The largest absolute Gasteiger partial charge is 0.490 e. The highest BCUT2D eigenvalue weighted by atomic mass is 16.5. The highest BCUT2D eigenvalue weighted by Crippen LogP contribution is 2.28. The maximum atomic E-state index is 13.1. The van der Waals surface area contributed by atoms with Crippen molar-refractivity contribution in [2.75, 3.05) is 25.6 Å². The Balaban J connectivity index is 2.32. The van der Waals surface area contributed by atoms with Crippen LogP contribution in [0.2, 0.25) is 0 Å². The maximum Gasteiger partial charge on any atom is 0.196 e. The summed E-state index contributed by atoms with van der Waals surface area (Å²) in [7, 11) is 1.60. The van der Waals surface area contributed by atoms with Gasteiger partial charge in [-0.2, -0.15) is 0 Å². The highest BCUT2D eigenvalue weighted by molar-refractivity contribution is 5.86. The van der Waals surface area contributed by atoms with Crippen LogP contribution >= 0.6 is 0 Å². The van der Waals surface area contributed by atoms with Gasteiger partial charge in [0.05, 0.1) is 6.61 Å². The number of hydrogen-bond donors (Lipinski definition) is 1. The molecule has 154 valence electrons. The summed E-state index contributed by atoms with van der Waals surface area (Å²) in [6, 6.07) is 13.0. The Hall–Kier alpha value is -3.64. The number of ether oxygens (including phenoxy) is 2. The first kappa shape index (κ1) is 21.1. The molecule has 0 unspecified atom stereocenters. The fourth-order valence-electron chi connectivity index (χ4n) is 3.11. The fraction of sp³-hybridized carbons (Fsp3) is 0.167. The Morgan fingerprint density at radius 1 is 1.20 bits per heavy atom. The van der Waals surface area contributed by atoms with Crippen LogP contribution in [0.4, 0.5) is 5.82 Å². The standard InChI is InChI=1S/C24H25N3O3/c1-5-10-18(6-2)26-22-16-20(28)23-21(30-14-13-29-4)15-17(3)25-24(23)27(22)19-11-8-7-9-12-19/h5-12,15-16,26H,1-2,13-14H2,3-4H3/b18-10+. The monoisotopic (exact) mass is 403 g/mol. The van der Waals surface area contributed by atoms with Gasteiger partial charge in [-0.05, 0) is 31.2 Å². The van der Waals surface area contributed by atoms with Crippen molar-refractivity contribution in [3.8, 4) is 11.4 Å². The number of anilines is 1. The first-order valence-electron chi connectivity index (χ1n) is 9.55. The third-order valence-electron chi connectivity index (χ3n) is 4.41. The van der Waals surface area contributed by atoms with Gasteiger partial charge in [0.2, 0.25) is 0 Å². The number of aromatic nitrogens is 2. The Bertz CT molecular complexity index is 1150. The molecule has 0 saturated carbocycles. The van der Waals surface area contributed by atoms with E-state index in [1.165, 1.54) is 6.07 Å². The van der Waals surface area contributed by atoms with Crippen molar-refractivity contribution in [1.82, 2.24) is 9.55 Å². The van der Waals surface area contributed by atoms with Crippen LogP contribution in [-0.2, 0) is 4.74 Å². The van der Waals surface area contributed by atoms with Crippen LogP contribution in [0.15, 0.2) is 84.3 Å². The number of aryl methyl sites for hydroxylation is 1. The molecule has 1 N–H and O–H groups in total. The van der Waals surface area contributed by atoms with E-state index >= 15 is 0 Å². The minimum Gasteiger partial charge on any atom is -0.490 e. The van der Waals surface area contributed by atoms with E-state index in [4.69, 9.17) is 9.47 Å². The van der Waals surface area contributed by atoms with Gasteiger partial charge >= 0.3 is 0 Å². The van der Waals surface area contributed by atoms with E-state index < -0.39 is 0 Å². The lowest BCUT2D eigenvalue weighted by Crippen LogP contribution is -2.17. The first-order valence-corrected chi connectivity index (χ1v) is 9.55. The molecule has 0 aliphatic rings. The molecule has 0 radical (unpaired) electrons. The van der Waals surface area contributed by atoms with Gasteiger partial charge in [0.1, 0.15) is 23.6 Å². The molecule has 1 aromatic carbocycles. The van der Waals surface area contributed by atoms with Crippen LogP contribution in [0.5, 0.6) is 5.75 Å². The number of allylic oxidation sites excluding steroid dienone is 3. The van der Waals surface area contributed by atoms with Crippen molar-refractivity contribution < 1.29 is 9.47 Å². The summed E-state index contributed by atoms with van der Waals surface area (Å²) < 4.78 is 12.8. The number of nitrogens with one attached hydrogen (secondary N) is 1. The minimum atomic E-state index is -0.193. The summed E-state index contributed by atoms with van der Waals surface area (Å²) in [4.78, 5) is 17.8. The molecule has 0 bridgehead atoms. The van der Waals surface area contributed by atoms with E-state index in [1.54, 1.807) is 31.4 Å². The van der Waals surface area contributed by atoms with Crippen LogP contribution < -0.4 is 15.5 Å². The molecule has 0 fully saturated rings. The summed E-state index contributed by atoms with van der Waals surface area (Å²) in [5, 5.41) is 3.67. The lowest BCUT2D eigenvalue weighted by Gasteiger charge is -2.19. The van der Waals surface area contributed by atoms with Crippen LogP contribution in [0.25, 0.3) is 16.7 Å². The summed E-state index contributed by atoms with van der Waals surface area (Å²) >= 11 is 0. The van der Waals surface area contributed by atoms with Gasteiger partial charge in [-0.3, -0.25) is 9.36 Å². The second-order valence-corrected chi connectivity index (χ2v) is 6.55. The third-order valence-corrected chi connectivity index (χ3v) is 4.41. The minimum absolute atomic E-state index is 0.193. The van der Waals surface area contributed by atoms with E-state index in [-0.39, 0.29) is 5.43 Å². The zero-order valence-corrected chi connectivity index (χ0v) is 17.2.